The number of nitro groups is 1. The molecule has 1 aromatic rings. The molecule has 1 aromatic carbocycles. The molecule has 0 radical (unpaired) electrons. The Labute approximate surface area is 94.4 Å². The van der Waals surface area contributed by atoms with E-state index in [2.05, 4.69) is 0 Å². The first-order valence-corrected chi connectivity index (χ1v) is 4.55. The highest BCUT2D eigenvalue weighted by molar-refractivity contribution is 6.35. The Bertz CT molecular complexity index is 421. The van der Waals surface area contributed by atoms with Gasteiger partial charge in [0.15, 0.2) is 5.38 Å². The molecule has 15 heavy (non-hydrogen) atoms. The van der Waals surface area contributed by atoms with Gasteiger partial charge in [-0.15, -0.1) is 11.6 Å². The summed E-state index contributed by atoms with van der Waals surface area (Å²) in [4.78, 5) is 20.4. The molecule has 1 atom stereocenters. The number of carboxylic acids is 1. The van der Waals surface area contributed by atoms with Crippen LogP contribution in [0.4, 0.5) is 5.69 Å². The molecule has 1 rings (SSSR count). The Hall–Kier alpha value is -1.33. The molecule has 0 saturated heterocycles. The summed E-state index contributed by atoms with van der Waals surface area (Å²) in [7, 11) is 0. The maximum atomic E-state index is 10.6. The number of non-ortho nitro benzene ring substituents is 1. The van der Waals surface area contributed by atoms with Crippen LogP contribution in [0.3, 0.4) is 0 Å². The van der Waals surface area contributed by atoms with Crippen LogP contribution in [0.2, 0.25) is 5.02 Å². The number of hydrogen-bond donors (Lipinski definition) is 1. The van der Waals surface area contributed by atoms with Crippen molar-refractivity contribution in [2.45, 2.75) is 5.38 Å². The predicted octanol–water partition coefficient (Wildman–Crippen LogP) is 2.61. The lowest BCUT2D eigenvalue weighted by Gasteiger charge is -2.06. The van der Waals surface area contributed by atoms with Crippen molar-refractivity contribution in [3.63, 3.8) is 0 Å². The highest BCUT2D eigenvalue weighted by atomic mass is 35.5. The maximum Gasteiger partial charge on any atom is 0.326 e. The first-order chi connectivity index (χ1) is 6.93. The highest BCUT2D eigenvalue weighted by Crippen LogP contribution is 2.31. The number of benzene rings is 1. The van der Waals surface area contributed by atoms with E-state index in [4.69, 9.17) is 28.3 Å². The minimum Gasteiger partial charge on any atom is -0.480 e. The molecule has 1 unspecified atom stereocenters. The summed E-state index contributed by atoms with van der Waals surface area (Å²) in [6, 6.07) is 3.47. The molecule has 0 bridgehead atoms. The van der Waals surface area contributed by atoms with E-state index in [1.165, 1.54) is 12.1 Å². The summed E-state index contributed by atoms with van der Waals surface area (Å²) in [5.74, 6) is -1.31. The van der Waals surface area contributed by atoms with Crippen molar-refractivity contribution < 1.29 is 14.8 Å². The van der Waals surface area contributed by atoms with Gasteiger partial charge in [0, 0.05) is 22.7 Å². The molecule has 0 fully saturated rings. The van der Waals surface area contributed by atoms with Gasteiger partial charge < -0.3 is 5.11 Å². The van der Waals surface area contributed by atoms with Crippen LogP contribution in [0.25, 0.3) is 0 Å². The van der Waals surface area contributed by atoms with Crippen LogP contribution >= 0.6 is 23.2 Å². The summed E-state index contributed by atoms with van der Waals surface area (Å²) < 4.78 is 0. The van der Waals surface area contributed by atoms with Crippen molar-refractivity contribution in [3.8, 4) is 0 Å². The van der Waals surface area contributed by atoms with Crippen LogP contribution in [0.15, 0.2) is 18.2 Å². The van der Waals surface area contributed by atoms with E-state index in [0.717, 1.165) is 6.07 Å². The maximum absolute atomic E-state index is 10.6. The fraction of sp³-hybridized carbons (Fsp3) is 0.125. The van der Waals surface area contributed by atoms with Crippen LogP contribution in [0.5, 0.6) is 0 Å². The van der Waals surface area contributed by atoms with Crippen molar-refractivity contribution >= 4 is 34.9 Å². The lowest BCUT2D eigenvalue weighted by Crippen LogP contribution is -2.06. The van der Waals surface area contributed by atoms with E-state index in [9.17, 15) is 14.9 Å². The Balaban J connectivity index is 3.22. The van der Waals surface area contributed by atoms with Gasteiger partial charge in [-0.25, -0.2) is 0 Å². The third kappa shape index (κ3) is 2.57. The molecule has 0 saturated carbocycles. The lowest BCUT2D eigenvalue weighted by atomic mass is 10.1. The number of rotatable bonds is 3. The molecule has 7 heteroatoms. The number of nitrogens with zero attached hydrogens (tertiary/aromatic N) is 1. The second-order valence-corrected chi connectivity index (χ2v) is 3.51. The number of carboxylic acid groups (broad SMARTS) is 1. The fourth-order valence-corrected chi connectivity index (χ4v) is 1.44. The molecule has 1 N–H and O–H groups in total. The molecule has 0 spiro atoms. The third-order valence-electron chi connectivity index (χ3n) is 1.68. The average molecular weight is 250 g/mol. The first kappa shape index (κ1) is 11.7. The van der Waals surface area contributed by atoms with Crippen molar-refractivity contribution in [2.24, 2.45) is 0 Å². The van der Waals surface area contributed by atoms with Crippen LogP contribution in [-0.4, -0.2) is 16.0 Å². The summed E-state index contributed by atoms with van der Waals surface area (Å²) >= 11 is 11.2. The zero-order valence-electron chi connectivity index (χ0n) is 7.18. The van der Waals surface area contributed by atoms with Crippen LogP contribution in [0.1, 0.15) is 10.9 Å². The second-order valence-electron chi connectivity index (χ2n) is 2.66. The first-order valence-electron chi connectivity index (χ1n) is 3.74. The number of carbonyl (C=O) groups is 1. The van der Waals surface area contributed by atoms with Crippen molar-refractivity contribution in [2.75, 3.05) is 0 Å². The monoisotopic (exact) mass is 249 g/mol. The van der Waals surface area contributed by atoms with E-state index in [-0.39, 0.29) is 16.3 Å². The largest absolute Gasteiger partial charge is 0.480 e. The SMILES string of the molecule is O=C(O)C(Cl)c1cc([N+](=O)[O-])ccc1Cl. The summed E-state index contributed by atoms with van der Waals surface area (Å²) in [5.41, 5.74) is -0.235. The van der Waals surface area contributed by atoms with Gasteiger partial charge in [0.2, 0.25) is 0 Å². The van der Waals surface area contributed by atoms with Gasteiger partial charge in [0.05, 0.1) is 4.92 Å². The molecule has 0 aliphatic rings. The number of halogens is 2. The minimum atomic E-state index is -1.39. The fourth-order valence-electron chi connectivity index (χ4n) is 0.972. The number of aliphatic carboxylic acids is 1. The standard InChI is InChI=1S/C8H5Cl2NO4/c9-6-2-1-4(11(14)15)3-5(6)7(10)8(12)13/h1-3,7H,(H,12,13). The molecular weight excluding hydrogens is 245 g/mol. The lowest BCUT2D eigenvalue weighted by molar-refractivity contribution is -0.384. The molecule has 0 aromatic heterocycles. The normalized spacial score (nSPS) is 12.1. The third-order valence-corrected chi connectivity index (χ3v) is 2.45. The summed E-state index contributed by atoms with van der Waals surface area (Å²) in [6.07, 6.45) is 0. The van der Waals surface area contributed by atoms with Gasteiger partial charge >= 0.3 is 5.97 Å². The molecule has 80 valence electrons. The van der Waals surface area contributed by atoms with E-state index in [0.29, 0.717) is 0 Å². The topological polar surface area (TPSA) is 80.4 Å². The summed E-state index contributed by atoms with van der Waals surface area (Å²) in [5, 5.41) is 17.8. The molecule has 5 nitrogen and oxygen atoms in total. The summed E-state index contributed by atoms with van der Waals surface area (Å²) in [6.45, 7) is 0. The molecule has 0 aliphatic carbocycles. The minimum absolute atomic E-state index is 0.0139. The Morgan fingerprint density at radius 2 is 2.13 bits per heavy atom. The van der Waals surface area contributed by atoms with E-state index in [1.54, 1.807) is 0 Å². The highest BCUT2D eigenvalue weighted by Gasteiger charge is 2.21. The van der Waals surface area contributed by atoms with E-state index >= 15 is 0 Å². The van der Waals surface area contributed by atoms with Crippen molar-refractivity contribution in [1.82, 2.24) is 0 Å². The number of hydrogen-bond acceptors (Lipinski definition) is 3. The molecular formula is C8H5Cl2NO4. The quantitative estimate of drug-likeness (QED) is 0.507. The Morgan fingerprint density at radius 3 is 2.60 bits per heavy atom. The van der Waals surface area contributed by atoms with Gasteiger partial charge in [0.25, 0.3) is 5.69 Å². The molecule has 0 amide bonds. The van der Waals surface area contributed by atoms with Crippen LogP contribution < -0.4 is 0 Å². The molecule has 0 aliphatic heterocycles. The van der Waals surface area contributed by atoms with E-state index < -0.39 is 16.3 Å². The predicted molar refractivity (Wildman–Crippen MR) is 54.3 cm³/mol. The zero-order valence-corrected chi connectivity index (χ0v) is 8.70. The van der Waals surface area contributed by atoms with E-state index in [1.807, 2.05) is 0 Å². The van der Waals surface area contributed by atoms with Crippen LogP contribution in [-0.2, 0) is 4.79 Å². The van der Waals surface area contributed by atoms with Crippen molar-refractivity contribution in [3.05, 3.63) is 38.9 Å². The second kappa shape index (κ2) is 4.46. The van der Waals surface area contributed by atoms with Crippen molar-refractivity contribution in [1.29, 1.82) is 0 Å². The Morgan fingerprint density at radius 1 is 1.53 bits per heavy atom. The van der Waals surface area contributed by atoms with Gasteiger partial charge in [-0.1, -0.05) is 11.6 Å². The Kier molecular flexibility index (Phi) is 3.49. The van der Waals surface area contributed by atoms with Gasteiger partial charge in [-0.3, -0.25) is 14.9 Å². The average Bonchev–Trinajstić information content (AvgIpc) is 2.16. The number of alkyl halides is 1. The molecule has 0 heterocycles. The van der Waals surface area contributed by atoms with Crippen LogP contribution in [0, 0.1) is 10.1 Å². The smallest absolute Gasteiger partial charge is 0.326 e. The zero-order chi connectivity index (χ0) is 11.6. The van der Waals surface area contributed by atoms with Gasteiger partial charge in [-0.05, 0) is 6.07 Å². The van der Waals surface area contributed by atoms with Gasteiger partial charge in [-0.2, -0.15) is 0 Å². The number of nitro benzene ring substituents is 1. The van der Waals surface area contributed by atoms with Gasteiger partial charge in [0.1, 0.15) is 0 Å².